The van der Waals surface area contributed by atoms with Crippen LogP contribution in [-0.2, 0) is 6.54 Å². The van der Waals surface area contributed by atoms with Crippen LogP contribution in [0.3, 0.4) is 0 Å². The number of rotatable bonds is 8. The van der Waals surface area contributed by atoms with Crippen molar-refractivity contribution in [1.29, 1.82) is 0 Å². The molecule has 1 heterocycles. The van der Waals surface area contributed by atoms with Gasteiger partial charge in [0.1, 0.15) is 0 Å². The molecule has 0 saturated carbocycles. The molecule has 110 valence electrons. The first-order valence-electron chi connectivity index (χ1n) is 6.77. The van der Waals surface area contributed by atoms with Gasteiger partial charge in [-0.3, -0.25) is 4.68 Å². The molecule has 3 nitrogen and oxygen atoms in total. The van der Waals surface area contributed by atoms with E-state index in [1.807, 2.05) is 16.9 Å². The van der Waals surface area contributed by atoms with E-state index >= 15 is 0 Å². The molecule has 1 N–H and O–H groups in total. The smallest absolute Gasteiger partial charge is 0.311 e. The van der Waals surface area contributed by atoms with Crippen LogP contribution in [0, 0.1) is 0 Å². The summed E-state index contributed by atoms with van der Waals surface area (Å²) < 4.78 is 37.7. The van der Waals surface area contributed by atoms with Gasteiger partial charge in [0.15, 0.2) is 0 Å². The summed E-state index contributed by atoms with van der Waals surface area (Å²) in [4.78, 5) is 0. The van der Waals surface area contributed by atoms with Gasteiger partial charge in [-0.1, -0.05) is 13.8 Å². The number of hydrogen-bond donors (Lipinski definition) is 1. The summed E-state index contributed by atoms with van der Waals surface area (Å²) in [6, 6.07) is 2.31. The fourth-order valence-electron chi connectivity index (χ4n) is 1.97. The predicted molar refractivity (Wildman–Crippen MR) is 68.8 cm³/mol. The fraction of sp³-hybridized carbons (Fsp3) is 0.769. The van der Waals surface area contributed by atoms with Gasteiger partial charge in [-0.05, 0) is 31.9 Å². The largest absolute Gasteiger partial charge is 0.389 e. The maximum Gasteiger partial charge on any atom is 0.389 e. The van der Waals surface area contributed by atoms with Crippen molar-refractivity contribution in [3.05, 3.63) is 18.0 Å². The SMILES string of the molecule is CCC(CC)n1ccc(CNCCCC(F)(F)F)n1. The van der Waals surface area contributed by atoms with Gasteiger partial charge in [-0.2, -0.15) is 18.3 Å². The second-order valence-electron chi connectivity index (χ2n) is 4.65. The molecule has 0 saturated heterocycles. The lowest BCUT2D eigenvalue weighted by Gasteiger charge is -2.12. The van der Waals surface area contributed by atoms with Crippen molar-refractivity contribution in [1.82, 2.24) is 15.1 Å². The number of alkyl halides is 3. The van der Waals surface area contributed by atoms with Gasteiger partial charge in [0.05, 0.1) is 11.7 Å². The Balaban J connectivity index is 2.27. The summed E-state index contributed by atoms with van der Waals surface area (Å²) in [6.45, 7) is 5.11. The molecule has 1 aromatic heterocycles. The molecule has 6 heteroatoms. The molecule has 0 amide bonds. The molecule has 1 aromatic rings. The van der Waals surface area contributed by atoms with Crippen molar-refractivity contribution in [3.8, 4) is 0 Å². The zero-order valence-corrected chi connectivity index (χ0v) is 11.5. The summed E-state index contributed by atoms with van der Waals surface area (Å²) >= 11 is 0. The average molecular weight is 277 g/mol. The van der Waals surface area contributed by atoms with Gasteiger partial charge < -0.3 is 5.32 Å². The van der Waals surface area contributed by atoms with Crippen LogP contribution in [-0.4, -0.2) is 22.5 Å². The Bertz CT molecular complexity index is 356. The van der Waals surface area contributed by atoms with Crippen molar-refractivity contribution >= 4 is 0 Å². The third-order valence-electron chi connectivity index (χ3n) is 3.10. The lowest BCUT2D eigenvalue weighted by molar-refractivity contribution is -0.135. The van der Waals surface area contributed by atoms with Crippen LogP contribution in [0.4, 0.5) is 13.2 Å². The highest BCUT2D eigenvalue weighted by molar-refractivity contribution is 4.99. The highest BCUT2D eigenvalue weighted by Gasteiger charge is 2.25. The van der Waals surface area contributed by atoms with E-state index in [1.165, 1.54) is 0 Å². The average Bonchev–Trinajstić information content (AvgIpc) is 2.77. The second-order valence-corrected chi connectivity index (χ2v) is 4.65. The first kappa shape index (κ1) is 16.0. The van der Waals surface area contributed by atoms with Crippen molar-refractivity contribution in [2.24, 2.45) is 0 Å². The quantitative estimate of drug-likeness (QED) is 0.735. The number of nitrogens with one attached hydrogen (secondary N) is 1. The number of nitrogens with zero attached hydrogens (tertiary/aromatic N) is 2. The first-order chi connectivity index (χ1) is 8.96. The van der Waals surface area contributed by atoms with E-state index < -0.39 is 12.6 Å². The molecule has 0 aliphatic rings. The number of aromatic nitrogens is 2. The standard InChI is InChI=1S/C13H22F3N3/c1-3-12(4-2)19-9-6-11(18-19)10-17-8-5-7-13(14,15)16/h6,9,12,17H,3-5,7-8,10H2,1-2H3. The predicted octanol–water partition coefficient (Wildman–Crippen LogP) is 3.68. The molecule has 1 rings (SSSR count). The maximum absolute atomic E-state index is 11.9. The molecular formula is C13H22F3N3. The van der Waals surface area contributed by atoms with Gasteiger partial charge in [-0.25, -0.2) is 0 Å². The Morgan fingerprint density at radius 2 is 2.00 bits per heavy atom. The molecule has 0 aliphatic carbocycles. The van der Waals surface area contributed by atoms with Crippen LogP contribution >= 0.6 is 0 Å². The third kappa shape index (κ3) is 6.09. The monoisotopic (exact) mass is 277 g/mol. The Kier molecular flexibility index (Phi) is 6.34. The van der Waals surface area contributed by atoms with Crippen LogP contribution in [0.5, 0.6) is 0 Å². The molecule has 0 atom stereocenters. The molecule has 0 radical (unpaired) electrons. The van der Waals surface area contributed by atoms with E-state index in [0.717, 1.165) is 18.5 Å². The third-order valence-corrected chi connectivity index (χ3v) is 3.10. The molecule has 0 unspecified atom stereocenters. The molecular weight excluding hydrogens is 255 g/mol. The zero-order chi connectivity index (χ0) is 14.3. The molecule has 19 heavy (non-hydrogen) atoms. The molecule has 0 spiro atoms. The van der Waals surface area contributed by atoms with Crippen LogP contribution in [0.15, 0.2) is 12.3 Å². The fourth-order valence-corrected chi connectivity index (χ4v) is 1.97. The van der Waals surface area contributed by atoms with E-state index in [9.17, 15) is 13.2 Å². The minimum atomic E-state index is -4.06. The van der Waals surface area contributed by atoms with Crippen molar-refractivity contribution in [2.75, 3.05) is 6.54 Å². The van der Waals surface area contributed by atoms with E-state index in [-0.39, 0.29) is 6.42 Å². The van der Waals surface area contributed by atoms with E-state index in [1.54, 1.807) is 0 Å². The van der Waals surface area contributed by atoms with E-state index in [2.05, 4.69) is 24.3 Å². The topological polar surface area (TPSA) is 29.9 Å². The Morgan fingerprint density at radius 1 is 1.32 bits per heavy atom. The first-order valence-corrected chi connectivity index (χ1v) is 6.77. The maximum atomic E-state index is 11.9. The molecule has 0 aromatic carbocycles. The summed E-state index contributed by atoms with van der Waals surface area (Å²) in [5.41, 5.74) is 0.874. The minimum Gasteiger partial charge on any atom is -0.311 e. The molecule has 0 bridgehead atoms. The molecule has 0 fully saturated rings. The number of hydrogen-bond acceptors (Lipinski definition) is 2. The van der Waals surface area contributed by atoms with Crippen LogP contribution in [0.2, 0.25) is 0 Å². The van der Waals surface area contributed by atoms with Crippen LogP contribution in [0.25, 0.3) is 0 Å². The summed E-state index contributed by atoms with van der Waals surface area (Å²) in [5.74, 6) is 0. The van der Waals surface area contributed by atoms with Crippen LogP contribution in [0.1, 0.15) is 51.3 Å². The summed E-state index contributed by atoms with van der Waals surface area (Å²) in [7, 11) is 0. The van der Waals surface area contributed by atoms with Crippen molar-refractivity contribution in [2.45, 2.75) is 58.3 Å². The van der Waals surface area contributed by atoms with Gasteiger partial charge in [0.25, 0.3) is 0 Å². The van der Waals surface area contributed by atoms with Gasteiger partial charge in [-0.15, -0.1) is 0 Å². The highest BCUT2D eigenvalue weighted by atomic mass is 19.4. The van der Waals surface area contributed by atoms with Gasteiger partial charge in [0, 0.05) is 19.2 Å². The molecule has 0 aliphatic heterocycles. The normalized spacial score (nSPS) is 12.3. The Morgan fingerprint density at radius 3 is 2.58 bits per heavy atom. The van der Waals surface area contributed by atoms with Gasteiger partial charge in [0.2, 0.25) is 0 Å². The van der Waals surface area contributed by atoms with Crippen molar-refractivity contribution < 1.29 is 13.2 Å². The lowest BCUT2D eigenvalue weighted by Crippen LogP contribution is -2.18. The Labute approximate surface area is 112 Å². The number of halogens is 3. The summed E-state index contributed by atoms with van der Waals surface area (Å²) in [6.07, 6.45) is -0.699. The van der Waals surface area contributed by atoms with Crippen LogP contribution < -0.4 is 5.32 Å². The van der Waals surface area contributed by atoms with E-state index in [0.29, 0.717) is 19.1 Å². The minimum absolute atomic E-state index is 0.108. The summed E-state index contributed by atoms with van der Waals surface area (Å²) in [5, 5.41) is 7.42. The van der Waals surface area contributed by atoms with Crippen molar-refractivity contribution in [3.63, 3.8) is 0 Å². The zero-order valence-electron chi connectivity index (χ0n) is 11.5. The van der Waals surface area contributed by atoms with E-state index in [4.69, 9.17) is 0 Å². The lowest BCUT2D eigenvalue weighted by atomic mass is 10.2. The Hall–Kier alpha value is -1.04. The highest BCUT2D eigenvalue weighted by Crippen LogP contribution is 2.20. The second kappa shape index (κ2) is 7.53. The van der Waals surface area contributed by atoms with Gasteiger partial charge >= 0.3 is 6.18 Å².